The SMILES string of the molecule is O=C(Cc1ccccc1)N1CCc2nc(-c3ccc(C(F)(F)F)cc3)sc2C1. The Bertz CT molecular complexity index is 981. The van der Waals surface area contributed by atoms with Gasteiger partial charge in [-0.3, -0.25) is 4.79 Å². The standard InChI is InChI=1S/C21H17F3N2OS/c22-21(23,24)16-8-6-15(7-9-16)20-25-17-10-11-26(13-18(17)28-20)19(27)12-14-4-2-1-3-5-14/h1-9H,10-13H2. The van der Waals surface area contributed by atoms with Crippen LogP contribution in [0.25, 0.3) is 10.6 Å². The highest BCUT2D eigenvalue weighted by Crippen LogP contribution is 2.34. The van der Waals surface area contributed by atoms with E-state index in [-0.39, 0.29) is 5.91 Å². The summed E-state index contributed by atoms with van der Waals surface area (Å²) in [6.45, 7) is 1.11. The van der Waals surface area contributed by atoms with Crippen LogP contribution < -0.4 is 0 Å². The predicted octanol–water partition coefficient (Wildman–Crippen LogP) is 4.96. The molecule has 7 heteroatoms. The summed E-state index contributed by atoms with van der Waals surface area (Å²) in [5.74, 6) is 0.0707. The van der Waals surface area contributed by atoms with Crippen molar-refractivity contribution in [1.82, 2.24) is 9.88 Å². The minimum Gasteiger partial charge on any atom is -0.337 e. The minimum atomic E-state index is -4.35. The lowest BCUT2D eigenvalue weighted by Gasteiger charge is -2.26. The Morgan fingerprint density at radius 1 is 1.07 bits per heavy atom. The van der Waals surface area contributed by atoms with E-state index in [0.29, 0.717) is 36.5 Å². The maximum Gasteiger partial charge on any atom is 0.416 e. The van der Waals surface area contributed by atoms with Gasteiger partial charge in [0.05, 0.1) is 24.2 Å². The summed E-state index contributed by atoms with van der Waals surface area (Å²) in [6, 6.07) is 14.7. The zero-order valence-corrected chi connectivity index (χ0v) is 15.7. The molecule has 0 radical (unpaired) electrons. The summed E-state index contributed by atoms with van der Waals surface area (Å²) < 4.78 is 38.2. The van der Waals surface area contributed by atoms with Crippen LogP contribution in [0, 0.1) is 0 Å². The van der Waals surface area contributed by atoms with Crippen LogP contribution in [-0.4, -0.2) is 22.3 Å². The fourth-order valence-corrected chi connectivity index (χ4v) is 4.34. The van der Waals surface area contributed by atoms with Crippen LogP contribution in [-0.2, 0) is 30.4 Å². The van der Waals surface area contributed by atoms with Gasteiger partial charge in [-0.05, 0) is 17.7 Å². The van der Waals surface area contributed by atoms with E-state index in [0.717, 1.165) is 28.3 Å². The van der Waals surface area contributed by atoms with Gasteiger partial charge >= 0.3 is 6.18 Å². The smallest absolute Gasteiger partial charge is 0.337 e. The Kier molecular flexibility index (Phi) is 4.93. The number of hydrogen-bond donors (Lipinski definition) is 0. The fourth-order valence-electron chi connectivity index (χ4n) is 3.22. The van der Waals surface area contributed by atoms with Crippen molar-refractivity contribution in [2.45, 2.75) is 25.6 Å². The van der Waals surface area contributed by atoms with Gasteiger partial charge in [0.15, 0.2) is 0 Å². The van der Waals surface area contributed by atoms with Crippen molar-refractivity contribution >= 4 is 17.2 Å². The van der Waals surface area contributed by atoms with E-state index in [2.05, 4.69) is 4.98 Å². The predicted molar refractivity (Wildman–Crippen MR) is 102 cm³/mol. The van der Waals surface area contributed by atoms with Crippen molar-refractivity contribution < 1.29 is 18.0 Å². The third-order valence-corrected chi connectivity index (χ3v) is 5.87. The summed E-state index contributed by atoms with van der Waals surface area (Å²) in [7, 11) is 0. The molecule has 0 unspecified atom stereocenters. The zero-order chi connectivity index (χ0) is 19.7. The fraction of sp³-hybridized carbons (Fsp3) is 0.238. The third-order valence-electron chi connectivity index (χ3n) is 4.74. The molecule has 1 amide bonds. The number of aromatic nitrogens is 1. The average Bonchev–Trinajstić information content (AvgIpc) is 3.11. The molecule has 3 aromatic rings. The van der Waals surface area contributed by atoms with Gasteiger partial charge in [0.1, 0.15) is 5.01 Å². The summed E-state index contributed by atoms with van der Waals surface area (Å²) in [4.78, 5) is 20.0. The molecule has 1 aliphatic heterocycles. The molecule has 3 nitrogen and oxygen atoms in total. The lowest BCUT2D eigenvalue weighted by molar-refractivity contribution is -0.137. The minimum absolute atomic E-state index is 0.0707. The summed E-state index contributed by atoms with van der Waals surface area (Å²) in [5, 5.41) is 0.691. The first-order valence-corrected chi connectivity index (χ1v) is 9.70. The van der Waals surface area contributed by atoms with Crippen molar-refractivity contribution in [3.8, 4) is 10.6 Å². The molecule has 0 fully saturated rings. The normalized spacial score (nSPS) is 14.0. The highest BCUT2D eigenvalue weighted by Gasteiger charge is 2.30. The Labute approximate surface area is 164 Å². The molecule has 0 atom stereocenters. The largest absolute Gasteiger partial charge is 0.416 e. The van der Waals surface area contributed by atoms with E-state index >= 15 is 0 Å². The number of halogens is 3. The molecule has 0 N–H and O–H groups in total. The first-order valence-electron chi connectivity index (χ1n) is 8.88. The molecule has 4 rings (SSSR count). The number of fused-ring (bicyclic) bond motifs is 1. The molecule has 0 aliphatic carbocycles. The molecule has 28 heavy (non-hydrogen) atoms. The summed E-state index contributed by atoms with van der Waals surface area (Å²) >= 11 is 1.44. The molecule has 0 saturated carbocycles. The van der Waals surface area contributed by atoms with Crippen molar-refractivity contribution in [1.29, 1.82) is 0 Å². The van der Waals surface area contributed by atoms with Crippen LogP contribution >= 0.6 is 11.3 Å². The number of rotatable bonds is 3. The van der Waals surface area contributed by atoms with Crippen LogP contribution in [0.5, 0.6) is 0 Å². The lowest BCUT2D eigenvalue weighted by Crippen LogP contribution is -2.36. The molecular formula is C21H17F3N2OS. The van der Waals surface area contributed by atoms with Gasteiger partial charge in [0, 0.05) is 23.4 Å². The van der Waals surface area contributed by atoms with Crippen molar-refractivity contribution in [2.75, 3.05) is 6.54 Å². The molecule has 2 heterocycles. The second-order valence-electron chi connectivity index (χ2n) is 6.69. The monoisotopic (exact) mass is 402 g/mol. The summed E-state index contributed by atoms with van der Waals surface area (Å²) in [6.07, 6.45) is -3.33. The Hall–Kier alpha value is -2.67. The number of thiazole rings is 1. The van der Waals surface area contributed by atoms with Crippen molar-refractivity contribution in [3.63, 3.8) is 0 Å². The van der Waals surface area contributed by atoms with Crippen LogP contribution in [0.4, 0.5) is 13.2 Å². The lowest BCUT2D eigenvalue weighted by atomic mass is 10.1. The number of alkyl halides is 3. The maximum atomic E-state index is 12.7. The van der Waals surface area contributed by atoms with E-state index in [1.165, 1.54) is 23.5 Å². The maximum absolute atomic E-state index is 12.7. The third kappa shape index (κ3) is 3.94. The van der Waals surface area contributed by atoms with Crippen molar-refractivity contribution in [2.24, 2.45) is 0 Å². The van der Waals surface area contributed by atoms with Crippen molar-refractivity contribution in [3.05, 3.63) is 76.3 Å². The van der Waals surface area contributed by atoms with Gasteiger partial charge in [-0.25, -0.2) is 4.98 Å². The molecular weight excluding hydrogens is 385 g/mol. The number of hydrogen-bond acceptors (Lipinski definition) is 3. The Morgan fingerprint density at radius 2 is 1.79 bits per heavy atom. The van der Waals surface area contributed by atoms with Gasteiger partial charge < -0.3 is 4.90 Å². The highest BCUT2D eigenvalue weighted by molar-refractivity contribution is 7.15. The Balaban J connectivity index is 1.48. The second kappa shape index (κ2) is 7.39. The van der Waals surface area contributed by atoms with E-state index in [9.17, 15) is 18.0 Å². The van der Waals surface area contributed by atoms with Gasteiger partial charge in [-0.2, -0.15) is 13.2 Å². The molecule has 0 saturated heterocycles. The van der Waals surface area contributed by atoms with Crippen LogP contribution in [0.15, 0.2) is 54.6 Å². The van der Waals surface area contributed by atoms with Gasteiger partial charge in [0.2, 0.25) is 5.91 Å². The quantitative estimate of drug-likeness (QED) is 0.621. The first kappa shape index (κ1) is 18.7. The van der Waals surface area contributed by atoms with E-state index in [1.54, 1.807) is 0 Å². The van der Waals surface area contributed by atoms with E-state index in [1.807, 2.05) is 35.2 Å². The van der Waals surface area contributed by atoms with Gasteiger partial charge in [-0.1, -0.05) is 42.5 Å². The van der Waals surface area contributed by atoms with E-state index < -0.39 is 11.7 Å². The Morgan fingerprint density at radius 3 is 2.46 bits per heavy atom. The number of benzene rings is 2. The molecule has 0 bridgehead atoms. The average molecular weight is 402 g/mol. The number of nitrogens with zero attached hydrogens (tertiary/aromatic N) is 2. The van der Waals surface area contributed by atoms with Crippen LogP contribution in [0.3, 0.4) is 0 Å². The molecule has 1 aliphatic rings. The molecule has 2 aromatic carbocycles. The van der Waals surface area contributed by atoms with Gasteiger partial charge in [-0.15, -0.1) is 11.3 Å². The number of carbonyl (C=O) groups excluding carboxylic acids is 1. The first-order chi connectivity index (χ1) is 13.4. The van der Waals surface area contributed by atoms with Crippen LogP contribution in [0.1, 0.15) is 21.7 Å². The van der Waals surface area contributed by atoms with Gasteiger partial charge in [0.25, 0.3) is 0 Å². The highest BCUT2D eigenvalue weighted by atomic mass is 32.1. The molecule has 0 spiro atoms. The zero-order valence-electron chi connectivity index (χ0n) is 14.9. The summed E-state index contributed by atoms with van der Waals surface area (Å²) in [5.41, 5.74) is 1.90. The topological polar surface area (TPSA) is 33.2 Å². The number of carbonyl (C=O) groups is 1. The van der Waals surface area contributed by atoms with E-state index in [4.69, 9.17) is 0 Å². The number of amides is 1. The second-order valence-corrected chi connectivity index (χ2v) is 7.78. The van der Waals surface area contributed by atoms with Crippen LogP contribution in [0.2, 0.25) is 0 Å². The molecule has 1 aromatic heterocycles. The molecule has 144 valence electrons.